The van der Waals surface area contributed by atoms with Crippen molar-refractivity contribution >= 4 is 28.2 Å². The minimum absolute atomic E-state index is 0.205. The summed E-state index contributed by atoms with van der Waals surface area (Å²) in [7, 11) is 0. The molecule has 4 rings (SSSR count). The summed E-state index contributed by atoms with van der Waals surface area (Å²) in [4.78, 5) is 19.1. The lowest BCUT2D eigenvalue weighted by molar-refractivity contribution is 0.102. The molecule has 1 atom stereocenters. The van der Waals surface area contributed by atoms with Crippen molar-refractivity contribution in [2.75, 3.05) is 23.3 Å². The maximum Gasteiger partial charge on any atom is 0.259 e. The molecule has 1 aliphatic heterocycles. The van der Waals surface area contributed by atoms with Crippen LogP contribution in [0.4, 0.5) is 10.9 Å². The van der Waals surface area contributed by atoms with Crippen LogP contribution >= 0.6 is 11.3 Å². The number of aromatic nitrogens is 3. The second-order valence-corrected chi connectivity index (χ2v) is 7.68. The highest BCUT2D eigenvalue weighted by atomic mass is 32.1. The molecule has 1 saturated heterocycles. The average molecular weight is 355 g/mol. The fourth-order valence-corrected chi connectivity index (χ4v) is 4.26. The molecule has 1 fully saturated rings. The lowest BCUT2D eigenvalue weighted by atomic mass is 9.71. The van der Waals surface area contributed by atoms with Gasteiger partial charge in [0.15, 0.2) is 0 Å². The molecular formula is C18H21N5OS. The number of hydrogen-bond acceptors (Lipinski definition) is 6. The number of pyridine rings is 1. The topological polar surface area (TPSA) is 71.0 Å². The molecule has 6 nitrogen and oxygen atoms in total. The van der Waals surface area contributed by atoms with Gasteiger partial charge in [-0.25, -0.2) is 4.98 Å². The first-order chi connectivity index (χ1) is 12.2. The Morgan fingerprint density at radius 2 is 2.24 bits per heavy atom. The Morgan fingerprint density at radius 3 is 2.96 bits per heavy atom. The van der Waals surface area contributed by atoms with Gasteiger partial charge in [-0.05, 0) is 49.7 Å². The maximum atomic E-state index is 12.2. The number of hydrogen-bond donors (Lipinski definition) is 1. The van der Waals surface area contributed by atoms with Crippen molar-refractivity contribution in [3.63, 3.8) is 0 Å². The van der Waals surface area contributed by atoms with Crippen molar-refractivity contribution in [1.82, 2.24) is 15.2 Å². The first-order valence-electron chi connectivity index (χ1n) is 8.68. The molecule has 1 spiro atoms. The second-order valence-electron chi connectivity index (χ2n) is 6.84. The molecule has 1 unspecified atom stereocenters. The lowest BCUT2D eigenvalue weighted by Crippen LogP contribution is -2.44. The summed E-state index contributed by atoms with van der Waals surface area (Å²) in [5.74, 6) is 0.754. The molecule has 0 bridgehead atoms. The Balaban J connectivity index is 1.44. The number of rotatable bonds is 3. The molecule has 0 saturated carbocycles. The Hall–Kier alpha value is -2.28. The highest BCUT2D eigenvalue weighted by Crippen LogP contribution is 2.41. The number of carbonyl (C=O) groups excluding carboxylic acids is 1. The van der Waals surface area contributed by atoms with E-state index in [9.17, 15) is 4.79 Å². The van der Waals surface area contributed by atoms with E-state index < -0.39 is 0 Å². The molecule has 7 heteroatoms. The number of nitrogens with one attached hydrogen (secondary N) is 1. The van der Waals surface area contributed by atoms with E-state index in [0.717, 1.165) is 18.9 Å². The molecular weight excluding hydrogens is 334 g/mol. The quantitative estimate of drug-likeness (QED) is 0.853. The Morgan fingerprint density at radius 1 is 1.28 bits per heavy atom. The molecule has 2 aromatic rings. The van der Waals surface area contributed by atoms with Gasteiger partial charge >= 0.3 is 0 Å². The van der Waals surface area contributed by atoms with Gasteiger partial charge in [0.1, 0.15) is 11.3 Å². The van der Waals surface area contributed by atoms with Gasteiger partial charge in [0, 0.05) is 19.3 Å². The van der Waals surface area contributed by atoms with E-state index in [4.69, 9.17) is 0 Å². The van der Waals surface area contributed by atoms with Crippen LogP contribution in [0.2, 0.25) is 0 Å². The Kier molecular flexibility index (Phi) is 4.48. The molecule has 1 amide bonds. The summed E-state index contributed by atoms with van der Waals surface area (Å²) in [5.41, 5.74) is 2.53. The van der Waals surface area contributed by atoms with Crippen molar-refractivity contribution in [2.24, 2.45) is 5.41 Å². The highest BCUT2D eigenvalue weighted by molar-refractivity contribution is 7.13. The molecule has 2 aromatic heterocycles. The van der Waals surface area contributed by atoms with E-state index in [-0.39, 0.29) is 5.91 Å². The molecule has 2 aliphatic rings. The molecule has 0 radical (unpaired) electrons. The van der Waals surface area contributed by atoms with Crippen LogP contribution in [-0.4, -0.2) is 34.2 Å². The van der Waals surface area contributed by atoms with Gasteiger partial charge < -0.3 is 4.90 Å². The van der Waals surface area contributed by atoms with Crippen molar-refractivity contribution in [3.05, 3.63) is 41.6 Å². The molecule has 130 valence electrons. The summed E-state index contributed by atoms with van der Waals surface area (Å²) in [6.07, 6.45) is 12.4. The number of nitrogens with zero attached hydrogens (tertiary/aromatic N) is 4. The molecule has 25 heavy (non-hydrogen) atoms. The number of carbonyl (C=O) groups is 1. The number of amides is 1. The summed E-state index contributed by atoms with van der Waals surface area (Å²) in [5, 5.41) is 10.8. The van der Waals surface area contributed by atoms with Gasteiger partial charge in [0.05, 0.1) is 5.56 Å². The SMILES string of the molecule is O=C(Nc1nncs1)c1ccc(N2CCCC3(CC=CCC3)C2)nc1. The fraction of sp³-hybridized carbons (Fsp3) is 0.444. The standard InChI is InChI=1S/C18H21N5OS/c24-16(21-17-22-20-13-25-17)14-5-6-15(19-11-14)23-10-4-9-18(12-23)7-2-1-3-8-18/h1-2,5-6,11,13H,3-4,7-10,12H2,(H,21,22,24). The Labute approximate surface area is 151 Å². The van der Waals surface area contributed by atoms with Crippen molar-refractivity contribution < 1.29 is 4.79 Å². The zero-order valence-corrected chi connectivity index (χ0v) is 14.8. The van der Waals surface area contributed by atoms with Gasteiger partial charge in [-0.1, -0.05) is 23.5 Å². The number of allylic oxidation sites excluding steroid dienone is 2. The minimum Gasteiger partial charge on any atom is -0.356 e. The molecule has 0 aromatic carbocycles. The molecule has 1 aliphatic carbocycles. The zero-order valence-electron chi connectivity index (χ0n) is 14.0. The largest absolute Gasteiger partial charge is 0.356 e. The van der Waals surface area contributed by atoms with Gasteiger partial charge in [-0.3, -0.25) is 10.1 Å². The minimum atomic E-state index is -0.205. The second kappa shape index (κ2) is 6.92. The Bertz CT molecular complexity index is 758. The smallest absolute Gasteiger partial charge is 0.259 e. The van der Waals surface area contributed by atoms with E-state index in [0.29, 0.717) is 16.1 Å². The molecule has 1 N–H and O–H groups in total. The van der Waals surface area contributed by atoms with E-state index in [1.807, 2.05) is 12.1 Å². The summed E-state index contributed by atoms with van der Waals surface area (Å²) in [6, 6.07) is 3.79. The summed E-state index contributed by atoms with van der Waals surface area (Å²) < 4.78 is 0. The van der Waals surface area contributed by atoms with Crippen molar-refractivity contribution in [2.45, 2.75) is 32.1 Å². The highest BCUT2D eigenvalue weighted by Gasteiger charge is 2.35. The van der Waals surface area contributed by atoms with Gasteiger partial charge in [-0.2, -0.15) is 0 Å². The summed E-state index contributed by atoms with van der Waals surface area (Å²) >= 11 is 1.30. The third-order valence-corrected chi connectivity index (χ3v) is 5.74. The van der Waals surface area contributed by atoms with Crippen LogP contribution in [-0.2, 0) is 0 Å². The zero-order chi connectivity index (χ0) is 17.1. The van der Waals surface area contributed by atoms with Crippen LogP contribution in [0.15, 0.2) is 36.0 Å². The lowest BCUT2D eigenvalue weighted by Gasteiger charge is -2.44. The van der Waals surface area contributed by atoms with Crippen LogP contribution in [0.3, 0.4) is 0 Å². The first-order valence-corrected chi connectivity index (χ1v) is 9.56. The average Bonchev–Trinajstić information content (AvgIpc) is 3.15. The van der Waals surface area contributed by atoms with Crippen LogP contribution in [0, 0.1) is 5.41 Å². The van der Waals surface area contributed by atoms with E-state index in [1.165, 1.54) is 43.4 Å². The van der Waals surface area contributed by atoms with Gasteiger partial charge in [0.2, 0.25) is 5.13 Å². The van der Waals surface area contributed by atoms with Crippen molar-refractivity contribution in [1.29, 1.82) is 0 Å². The first kappa shape index (κ1) is 16.2. The predicted molar refractivity (Wildman–Crippen MR) is 99.0 cm³/mol. The van der Waals surface area contributed by atoms with Crippen LogP contribution in [0.25, 0.3) is 0 Å². The fourth-order valence-electron chi connectivity index (χ4n) is 3.82. The van der Waals surface area contributed by atoms with Crippen molar-refractivity contribution in [3.8, 4) is 0 Å². The third kappa shape index (κ3) is 3.56. The predicted octanol–water partition coefficient (Wildman–Crippen LogP) is 3.51. The number of piperidine rings is 1. The number of anilines is 2. The van der Waals surface area contributed by atoms with Crippen LogP contribution in [0.5, 0.6) is 0 Å². The van der Waals surface area contributed by atoms with Crippen LogP contribution < -0.4 is 10.2 Å². The summed E-state index contributed by atoms with van der Waals surface area (Å²) in [6.45, 7) is 2.09. The molecule has 3 heterocycles. The third-order valence-electron chi connectivity index (χ3n) is 5.13. The van der Waals surface area contributed by atoms with Gasteiger partial charge in [0.25, 0.3) is 5.91 Å². The maximum absolute atomic E-state index is 12.2. The monoisotopic (exact) mass is 355 g/mol. The van der Waals surface area contributed by atoms with E-state index in [1.54, 1.807) is 11.7 Å². The normalized spacial score (nSPS) is 23.0. The van der Waals surface area contributed by atoms with E-state index in [2.05, 4.69) is 37.6 Å². The van der Waals surface area contributed by atoms with E-state index >= 15 is 0 Å². The van der Waals surface area contributed by atoms with Gasteiger partial charge in [-0.15, -0.1) is 10.2 Å². The van der Waals surface area contributed by atoms with Crippen LogP contribution in [0.1, 0.15) is 42.5 Å².